The average Bonchev–Trinajstić information content (AvgIpc) is 2.35. The number of aliphatic hydroxyl groups excluding tert-OH is 1. The summed E-state index contributed by atoms with van der Waals surface area (Å²) in [5.41, 5.74) is 0. The van der Waals surface area contributed by atoms with Crippen LogP contribution in [0.4, 0.5) is 0 Å². The van der Waals surface area contributed by atoms with Gasteiger partial charge in [0.1, 0.15) is 0 Å². The molecule has 0 radical (unpaired) electrons. The van der Waals surface area contributed by atoms with Crippen LogP contribution in [0.1, 0.15) is 0 Å². The number of hydrogen-bond acceptors (Lipinski definition) is 4. The van der Waals surface area contributed by atoms with Gasteiger partial charge < -0.3 is 19.3 Å². The molecular weight excluding hydrogens is 232 g/mol. The number of fused-ring (bicyclic) bond motifs is 1. The predicted octanol–water partition coefficient (Wildman–Crippen LogP) is 1.40. The Balaban J connectivity index is 1.88. The molecule has 1 aliphatic rings. The summed E-state index contributed by atoms with van der Waals surface area (Å²) in [7, 11) is 0. The lowest BCUT2D eigenvalue weighted by Crippen LogP contribution is -2.34. The zero-order chi connectivity index (χ0) is 11.4. The van der Waals surface area contributed by atoms with E-state index in [9.17, 15) is 5.11 Å². The third-order valence-corrected chi connectivity index (χ3v) is 2.49. The van der Waals surface area contributed by atoms with E-state index in [2.05, 4.69) is 0 Å². The first-order valence-electron chi connectivity index (χ1n) is 5.03. The molecule has 1 aromatic rings. The number of hydrogen-bond donors (Lipinski definition) is 1. The lowest BCUT2D eigenvalue weighted by molar-refractivity contribution is -0.131. The number of ether oxygens (including phenoxy) is 3. The van der Waals surface area contributed by atoms with Crippen molar-refractivity contribution in [3.05, 3.63) is 24.3 Å². The number of halogens is 1. The number of benzene rings is 1. The summed E-state index contributed by atoms with van der Waals surface area (Å²) in [6.45, 7) is 0.450. The van der Waals surface area contributed by atoms with Crippen LogP contribution in [0.2, 0.25) is 0 Å². The Morgan fingerprint density at radius 1 is 1.44 bits per heavy atom. The molecule has 1 N–H and O–H groups in total. The van der Waals surface area contributed by atoms with Gasteiger partial charge in [0.25, 0.3) is 0 Å². The summed E-state index contributed by atoms with van der Waals surface area (Å²) in [6.07, 6.45) is -1.17. The average molecular weight is 245 g/mol. The first-order chi connectivity index (χ1) is 7.79. The molecule has 16 heavy (non-hydrogen) atoms. The van der Waals surface area contributed by atoms with Crippen molar-refractivity contribution in [2.75, 3.05) is 19.1 Å². The number of aliphatic hydroxyl groups is 1. The molecule has 1 aliphatic heterocycles. The first-order valence-corrected chi connectivity index (χ1v) is 5.57. The van der Waals surface area contributed by atoms with Gasteiger partial charge in [-0.2, -0.15) is 0 Å². The van der Waals surface area contributed by atoms with Crippen molar-refractivity contribution in [3.8, 4) is 11.5 Å². The van der Waals surface area contributed by atoms with Gasteiger partial charge in [0.15, 0.2) is 18.1 Å². The lowest BCUT2D eigenvalue weighted by Gasteiger charge is -2.26. The van der Waals surface area contributed by atoms with Gasteiger partial charge in [0.2, 0.25) is 6.29 Å². The van der Waals surface area contributed by atoms with E-state index < -0.39 is 12.4 Å². The summed E-state index contributed by atoms with van der Waals surface area (Å²) >= 11 is 5.45. The molecule has 0 spiro atoms. The highest BCUT2D eigenvalue weighted by Crippen LogP contribution is 2.30. The molecular formula is C11H13ClO4. The quantitative estimate of drug-likeness (QED) is 0.814. The molecule has 0 saturated carbocycles. The summed E-state index contributed by atoms with van der Waals surface area (Å²) < 4.78 is 16.3. The third-order valence-electron chi connectivity index (χ3n) is 2.14. The van der Waals surface area contributed by atoms with E-state index in [0.29, 0.717) is 18.1 Å². The maximum Gasteiger partial charge on any atom is 0.234 e. The normalized spacial score (nSPS) is 20.5. The molecule has 2 unspecified atom stereocenters. The van der Waals surface area contributed by atoms with Crippen molar-refractivity contribution >= 4 is 11.6 Å². The van der Waals surface area contributed by atoms with Gasteiger partial charge in [-0.1, -0.05) is 12.1 Å². The largest absolute Gasteiger partial charge is 0.483 e. The molecule has 0 bridgehead atoms. The Hall–Kier alpha value is -0.970. The molecule has 88 valence electrons. The van der Waals surface area contributed by atoms with Crippen molar-refractivity contribution < 1.29 is 19.3 Å². The SMILES string of the molecule is OC(CCl)COC1COc2ccccc2O1. The number of alkyl halides is 1. The smallest absolute Gasteiger partial charge is 0.234 e. The Bertz CT molecular complexity index is 345. The van der Waals surface area contributed by atoms with E-state index in [-0.39, 0.29) is 12.5 Å². The zero-order valence-corrected chi connectivity index (χ0v) is 9.39. The zero-order valence-electron chi connectivity index (χ0n) is 8.64. The standard InChI is InChI=1S/C11H13ClO4/c12-5-8(13)6-15-11-7-14-9-3-1-2-4-10(9)16-11/h1-4,8,11,13H,5-7H2. The maximum atomic E-state index is 9.23. The van der Waals surface area contributed by atoms with Gasteiger partial charge >= 0.3 is 0 Å². The second-order valence-electron chi connectivity index (χ2n) is 3.45. The van der Waals surface area contributed by atoms with Crippen LogP contribution < -0.4 is 9.47 Å². The first kappa shape index (κ1) is 11.5. The van der Waals surface area contributed by atoms with Crippen molar-refractivity contribution in [1.82, 2.24) is 0 Å². The van der Waals surface area contributed by atoms with Crippen molar-refractivity contribution in [2.45, 2.75) is 12.4 Å². The Kier molecular flexibility index (Phi) is 3.88. The van der Waals surface area contributed by atoms with Crippen LogP contribution in [-0.2, 0) is 4.74 Å². The van der Waals surface area contributed by atoms with Gasteiger partial charge in [-0.3, -0.25) is 0 Å². The van der Waals surface area contributed by atoms with Gasteiger partial charge in [-0.15, -0.1) is 11.6 Å². The predicted molar refractivity (Wildman–Crippen MR) is 59.0 cm³/mol. The van der Waals surface area contributed by atoms with Crippen molar-refractivity contribution in [2.24, 2.45) is 0 Å². The molecule has 2 rings (SSSR count). The summed E-state index contributed by atoms with van der Waals surface area (Å²) in [4.78, 5) is 0. The van der Waals surface area contributed by atoms with Gasteiger partial charge in [0, 0.05) is 0 Å². The second kappa shape index (κ2) is 5.39. The van der Waals surface area contributed by atoms with Crippen LogP contribution in [0.5, 0.6) is 11.5 Å². The third kappa shape index (κ3) is 2.78. The van der Waals surface area contributed by atoms with Crippen LogP contribution in [0, 0.1) is 0 Å². The van der Waals surface area contributed by atoms with Crippen LogP contribution in [-0.4, -0.2) is 36.6 Å². The van der Waals surface area contributed by atoms with Crippen LogP contribution in [0.3, 0.4) is 0 Å². The summed E-state index contributed by atoms with van der Waals surface area (Å²) in [6, 6.07) is 7.38. The summed E-state index contributed by atoms with van der Waals surface area (Å²) in [5.74, 6) is 1.50. The van der Waals surface area contributed by atoms with E-state index in [1.54, 1.807) is 0 Å². The molecule has 0 fully saturated rings. The highest BCUT2D eigenvalue weighted by Gasteiger charge is 2.21. The molecule has 2 atom stereocenters. The van der Waals surface area contributed by atoms with Crippen molar-refractivity contribution in [3.63, 3.8) is 0 Å². The van der Waals surface area contributed by atoms with E-state index in [1.165, 1.54) is 0 Å². The Morgan fingerprint density at radius 3 is 2.94 bits per heavy atom. The van der Waals surface area contributed by atoms with Crippen LogP contribution in [0.15, 0.2) is 24.3 Å². The fraction of sp³-hybridized carbons (Fsp3) is 0.455. The maximum absolute atomic E-state index is 9.23. The second-order valence-corrected chi connectivity index (χ2v) is 3.76. The molecule has 5 heteroatoms. The highest BCUT2D eigenvalue weighted by atomic mass is 35.5. The van der Waals surface area contributed by atoms with Crippen molar-refractivity contribution in [1.29, 1.82) is 0 Å². The minimum absolute atomic E-state index is 0.139. The van der Waals surface area contributed by atoms with E-state index in [1.807, 2.05) is 24.3 Å². The van der Waals surface area contributed by atoms with E-state index in [4.69, 9.17) is 25.8 Å². The molecule has 1 aromatic carbocycles. The monoisotopic (exact) mass is 244 g/mol. The fourth-order valence-electron chi connectivity index (χ4n) is 1.35. The number of para-hydroxylation sites is 2. The molecule has 0 aromatic heterocycles. The van der Waals surface area contributed by atoms with Gasteiger partial charge in [-0.05, 0) is 12.1 Å². The van der Waals surface area contributed by atoms with E-state index in [0.717, 1.165) is 0 Å². The minimum atomic E-state index is -0.678. The molecule has 1 heterocycles. The van der Waals surface area contributed by atoms with Gasteiger partial charge in [0.05, 0.1) is 18.6 Å². The van der Waals surface area contributed by atoms with Gasteiger partial charge in [-0.25, -0.2) is 0 Å². The highest BCUT2D eigenvalue weighted by molar-refractivity contribution is 6.18. The fourth-order valence-corrected chi connectivity index (χ4v) is 1.43. The van der Waals surface area contributed by atoms with Crippen LogP contribution in [0.25, 0.3) is 0 Å². The lowest BCUT2D eigenvalue weighted by atomic mass is 10.3. The number of rotatable bonds is 4. The Morgan fingerprint density at radius 2 is 2.19 bits per heavy atom. The summed E-state index contributed by atoms with van der Waals surface area (Å²) in [5, 5.41) is 9.23. The molecule has 0 aliphatic carbocycles. The Labute approximate surface area is 98.7 Å². The van der Waals surface area contributed by atoms with E-state index >= 15 is 0 Å². The van der Waals surface area contributed by atoms with Crippen LogP contribution >= 0.6 is 11.6 Å². The molecule has 0 saturated heterocycles. The molecule has 4 nitrogen and oxygen atoms in total. The topological polar surface area (TPSA) is 47.9 Å². The molecule has 0 amide bonds. The minimum Gasteiger partial charge on any atom is -0.483 e.